The molecule has 0 saturated carbocycles. The summed E-state index contributed by atoms with van der Waals surface area (Å²) in [5, 5.41) is 16.1. The van der Waals surface area contributed by atoms with Gasteiger partial charge in [0.2, 0.25) is 0 Å². The second kappa shape index (κ2) is 7.35. The Balaban J connectivity index is 1.65. The van der Waals surface area contributed by atoms with E-state index >= 15 is 0 Å². The highest BCUT2D eigenvalue weighted by Crippen LogP contribution is 2.13. The molecule has 1 saturated heterocycles. The van der Waals surface area contributed by atoms with E-state index in [1.165, 1.54) is 0 Å². The molecule has 0 bridgehead atoms. The quantitative estimate of drug-likeness (QED) is 0.661. The molecule has 0 amide bonds. The normalized spacial score (nSPS) is 19.3. The predicted molar refractivity (Wildman–Crippen MR) is 67.6 cm³/mol. The van der Waals surface area contributed by atoms with Crippen LogP contribution < -0.4 is 5.32 Å². The molecule has 0 aliphatic carbocycles. The summed E-state index contributed by atoms with van der Waals surface area (Å²) in [7, 11) is 0. The monoisotopic (exact) mass is 255 g/mol. The Hall–Kier alpha value is -1.11. The van der Waals surface area contributed by atoms with Crippen molar-refractivity contribution in [3.8, 4) is 0 Å². The van der Waals surface area contributed by atoms with Gasteiger partial charge >= 0.3 is 0 Å². The van der Waals surface area contributed by atoms with E-state index in [0.717, 1.165) is 31.7 Å². The maximum absolute atomic E-state index is 8.57. The smallest absolute Gasteiger partial charge is 0.0748 e. The van der Waals surface area contributed by atoms with Crippen LogP contribution in [0.1, 0.15) is 12.8 Å². The Bertz CT molecular complexity index is 337. The van der Waals surface area contributed by atoms with Crippen LogP contribution in [0.2, 0.25) is 0 Å². The van der Waals surface area contributed by atoms with E-state index in [0.29, 0.717) is 25.9 Å². The van der Waals surface area contributed by atoms with Crippen LogP contribution in [0.5, 0.6) is 0 Å². The lowest BCUT2D eigenvalue weighted by atomic mass is 10.2. The molecule has 6 heteroatoms. The first kappa shape index (κ1) is 13.3. The number of aliphatic hydroxyl groups is 1. The van der Waals surface area contributed by atoms with Crippen molar-refractivity contribution in [2.24, 2.45) is 0 Å². The molecule has 0 aromatic carbocycles. The van der Waals surface area contributed by atoms with Crippen molar-refractivity contribution in [2.75, 3.05) is 38.3 Å². The number of hydrogen-bond acceptors (Lipinski definition) is 5. The molecule has 2 rings (SSSR count). The Morgan fingerprint density at radius 2 is 2.50 bits per heavy atom. The van der Waals surface area contributed by atoms with Gasteiger partial charge in [-0.05, 0) is 12.8 Å². The van der Waals surface area contributed by atoms with Crippen LogP contribution in [-0.4, -0.2) is 54.0 Å². The first-order chi connectivity index (χ1) is 8.88. The summed E-state index contributed by atoms with van der Waals surface area (Å²) < 4.78 is 12.6. The van der Waals surface area contributed by atoms with Crippen molar-refractivity contribution in [3.63, 3.8) is 0 Å². The summed E-state index contributed by atoms with van der Waals surface area (Å²) in [6.07, 6.45) is 6.39. The molecule has 1 aliphatic rings. The van der Waals surface area contributed by atoms with Gasteiger partial charge in [-0.15, -0.1) is 0 Å². The molecular formula is C12H21N3O3. The van der Waals surface area contributed by atoms with Crippen LogP contribution in [0.15, 0.2) is 12.4 Å². The number of rotatable bonds is 8. The highest BCUT2D eigenvalue weighted by atomic mass is 16.5. The predicted octanol–water partition coefficient (Wildman–Crippen LogP) is 0.483. The zero-order valence-corrected chi connectivity index (χ0v) is 10.5. The fraction of sp³-hybridized carbons (Fsp3) is 0.750. The molecule has 1 aromatic rings. The average molecular weight is 255 g/mol. The van der Waals surface area contributed by atoms with Gasteiger partial charge in [-0.1, -0.05) is 0 Å². The van der Waals surface area contributed by atoms with Crippen LogP contribution in [0.4, 0.5) is 5.69 Å². The molecule has 1 unspecified atom stereocenters. The van der Waals surface area contributed by atoms with Gasteiger partial charge in [0.05, 0.1) is 44.4 Å². The molecule has 2 N–H and O–H groups in total. The van der Waals surface area contributed by atoms with Crippen LogP contribution in [-0.2, 0) is 16.0 Å². The van der Waals surface area contributed by atoms with Crippen molar-refractivity contribution in [3.05, 3.63) is 12.4 Å². The number of nitrogens with zero attached hydrogens (tertiary/aromatic N) is 2. The lowest BCUT2D eigenvalue weighted by Crippen LogP contribution is -2.18. The number of hydrogen-bond donors (Lipinski definition) is 2. The largest absolute Gasteiger partial charge is 0.394 e. The molecule has 0 radical (unpaired) electrons. The molecule has 1 aromatic heterocycles. The Labute approximate surface area is 107 Å². The van der Waals surface area contributed by atoms with E-state index in [9.17, 15) is 0 Å². The molecule has 102 valence electrons. The van der Waals surface area contributed by atoms with Crippen molar-refractivity contribution < 1.29 is 14.6 Å². The Morgan fingerprint density at radius 1 is 1.56 bits per heavy atom. The molecule has 1 atom stereocenters. The van der Waals surface area contributed by atoms with Crippen molar-refractivity contribution in [1.82, 2.24) is 9.78 Å². The highest BCUT2D eigenvalue weighted by Gasteiger charge is 2.14. The zero-order valence-electron chi connectivity index (χ0n) is 10.5. The summed E-state index contributed by atoms with van der Waals surface area (Å²) in [4.78, 5) is 0. The van der Waals surface area contributed by atoms with E-state index in [1.54, 1.807) is 6.20 Å². The number of anilines is 1. The molecule has 6 nitrogen and oxygen atoms in total. The lowest BCUT2D eigenvalue weighted by molar-refractivity contribution is 0.0854. The third-order valence-electron chi connectivity index (χ3n) is 2.89. The Kier molecular flexibility index (Phi) is 5.44. The van der Waals surface area contributed by atoms with E-state index in [-0.39, 0.29) is 6.61 Å². The zero-order chi connectivity index (χ0) is 12.6. The minimum absolute atomic E-state index is 0.0628. The van der Waals surface area contributed by atoms with E-state index in [1.807, 2.05) is 10.9 Å². The minimum atomic E-state index is 0.0628. The summed E-state index contributed by atoms with van der Waals surface area (Å²) in [6, 6.07) is 0. The molecule has 1 aliphatic heterocycles. The molecular weight excluding hydrogens is 234 g/mol. The van der Waals surface area contributed by atoms with Gasteiger partial charge in [0.15, 0.2) is 0 Å². The average Bonchev–Trinajstić information content (AvgIpc) is 3.03. The minimum Gasteiger partial charge on any atom is -0.394 e. The number of aromatic nitrogens is 2. The molecule has 1 fully saturated rings. The number of nitrogens with one attached hydrogen (secondary N) is 1. The van der Waals surface area contributed by atoms with E-state index in [4.69, 9.17) is 14.6 Å². The fourth-order valence-electron chi connectivity index (χ4n) is 1.94. The standard InChI is InChI=1S/C12H21N3O3/c16-4-7-17-6-3-15-10-11(8-14-15)13-9-12-2-1-5-18-12/h8,10,12-13,16H,1-7,9H2. The van der Waals surface area contributed by atoms with Gasteiger partial charge in [0.1, 0.15) is 0 Å². The maximum Gasteiger partial charge on any atom is 0.0748 e. The number of ether oxygens (including phenoxy) is 2. The van der Waals surface area contributed by atoms with Gasteiger partial charge < -0.3 is 19.9 Å². The summed E-state index contributed by atoms with van der Waals surface area (Å²) in [5.74, 6) is 0. The van der Waals surface area contributed by atoms with Gasteiger partial charge in [-0.3, -0.25) is 4.68 Å². The van der Waals surface area contributed by atoms with Crippen LogP contribution >= 0.6 is 0 Å². The van der Waals surface area contributed by atoms with Crippen LogP contribution in [0, 0.1) is 0 Å². The first-order valence-electron chi connectivity index (χ1n) is 6.45. The summed E-state index contributed by atoms with van der Waals surface area (Å²) >= 11 is 0. The summed E-state index contributed by atoms with van der Waals surface area (Å²) in [5.41, 5.74) is 1.01. The summed E-state index contributed by atoms with van der Waals surface area (Å²) in [6.45, 7) is 3.42. The van der Waals surface area contributed by atoms with Gasteiger partial charge in [0, 0.05) is 19.3 Å². The Morgan fingerprint density at radius 3 is 3.28 bits per heavy atom. The third-order valence-corrected chi connectivity index (χ3v) is 2.89. The maximum atomic E-state index is 8.57. The highest BCUT2D eigenvalue weighted by molar-refractivity contribution is 5.38. The van der Waals surface area contributed by atoms with Crippen molar-refractivity contribution in [2.45, 2.75) is 25.5 Å². The van der Waals surface area contributed by atoms with Gasteiger partial charge in [-0.25, -0.2) is 0 Å². The lowest BCUT2D eigenvalue weighted by Gasteiger charge is -2.09. The van der Waals surface area contributed by atoms with Gasteiger partial charge in [-0.2, -0.15) is 5.10 Å². The third kappa shape index (κ3) is 4.29. The number of aliphatic hydroxyl groups excluding tert-OH is 1. The SMILES string of the molecule is OCCOCCn1cc(NCC2CCCO2)cn1. The fourth-order valence-corrected chi connectivity index (χ4v) is 1.94. The van der Waals surface area contributed by atoms with Crippen molar-refractivity contribution in [1.29, 1.82) is 0 Å². The van der Waals surface area contributed by atoms with E-state index < -0.39 is 0 Å². The topological polar surface area (TPSA) is 68.5 Å². The van der Waals surface area contributed by atoms with Gasteiger partial charge in [0.25, 0.3) is 0 Å². The molecule has 18 heavy (non-hydrogen) atoms. The molecule has 2 heterocycles. The van der Waals surface area contributed by atoms with E-state index in [2.05, 4.69) is 10.4 Å². The second-order valence-electron chi connectivity index (χ2n) is 4.34. The molecule has 0 spiro atoms. The first-order valence-corrected chi connectivity index (χ1v) is 6.45. The second-order valence-corrected chi connectivity index (χ2v) is 4.34. The van der Waals surface area contributed by atoms with Crippen LogP contribution in [0.25, 0.3) is 0 Å². The van der Waals surface area contributed by atoms with Crippen molar-refractivity contribution >= 4 is 5.69 Å². The van der Waals surface area contributed by atoms with Crippen LogP contribution in [0.3, 0.4) is 0 Å².